The minimum atomic E-state index is -0.465. The second-order valence-electron chi connectivity index (χ2n) is 6.29. The zero-order valence-electron chi connectivity index (χ0n) is 14.0. The first-order valence-electron chi connectivity index (χ1n) is 8.31. The van der Waals surface area contributed by atoms with E-state index in [0.717, 1.165) is 6.07 Å². The van der Waals surface area contributed by atoms with Crippen LogP contribution in [0.4, 0.5) is 4.39 Å². The summed E-state index contributed by atoms with van der Waals surface area (Å²) in [5, 5.41) is 21.9. The number of benzene rings is 2. The van der Waals surface area contributed by atoms with Crippen LogP contribution in [-0.2, 0) is 0 Å². The van der Waals surface area contributed by atoms with E-state index < -0.39 is 5.82 Å². The van der Waals surface area contributed by atoms with E-state index >= 15 is 0 Å². The smallest absolute Gasteiger partial charge is 0.254 e. The topological polar surface area (TPSA) is 89.9 Å². The van der Waals surface area contributed by atoms with Crippen molar-refractivity contribution >= 4 is 11.8 Å². The summed E-state index contributed by atoms with van der Waals surface area (Å²) in [7, 11) is 0. The van der Waals surface area contributed by atoms with Crippen molar-refractivity contribution in [3.8, 4) is 11.5 Å². The van der Waals surface area contributed by atoms with Gasteiger partial charge in [0.25, 0.3) is 11.8 Å². The van der Waals surface area contributed by atoms with Crippen molar-refractivity contribution in [1.29, 1.82) is 0 Å². The van der Waals surface area contributed by atoms with E-state index in [4.69, 9.17) is 0 Å². The zero-order valence-corrected chi connectivity index (χ0v) is 14.0. The number of nitrogens with one attached hydrogen (secondary N) is 1. The predicted octanol–water partition coefficient (Wildman–Crippen LogP) is 2.27. The molecule has 0 spiro atoms. The molecule has 3 N–H and O–H groups in total. The molecule has 0 bridgehead atoms. The summed E-state index contributed by atoms with van der Waals surface area (Å²) in [5.41, 5.74) is 0.475. The average molecular weight is 358 g/mol. The number of likely N-dealkylation sites (tertiary alicyclic amines) is 1. The van der Waals surface area contributed by atoms with E-state index in [1.54, 1.807) is 11.0 Å². The summed E-state index contributed by atoms with van der Waals surface area (Å²) in [6.45, 7) is 0.868. The lowest BCUT2D eigenvalue weighted by molar-refractivity contribution is 0.0697. The first kappa shape index (κ1) is 17.7. The molecule has 26 heavy (non-hydrogen) atoms. The molecule has 0 aliphatic carbocycles. The van der Waals surface area contributed by atoms with Gasteiger partial charge in [-0.3, -0.25) is 9.59 Å². The van der Waals surface area contributed by atoms with Gasteiger partial charge in [-0.25, -0.2) is 4.39 Å². The number of halogens is 1. The van der Waals surface area contributed by atoms with Crippen LogP contribution in [0, 0.1) is 5.82 Å². The molecule has 136 valence electrons. The van der Waals surface area contributed by atoms with Crippen molar-refractivity contribution in [1.82, 2.24) is 10.2 Å². The fraction of sp³-hybridized carbons (Fsp3) is 0.263. The standard InChI is InChI=1S/C19H19FN2O4/c20-14-3-1-2-12(8-14)18(25)21-15-4-6-22(7-5-15)19(26)13-9-16(23)11-17(24)10-13/h1-3,8-11,15,23-24H,4-7H2,(H,21,25). The van der Waals surface area contributed by atoms with E-state index in [2.05, 4.69) is 5.32 Å². The molecule has 0 atom stereocenters. The highest BCUT2D eigenvalue weighted by Crippen LogP contribution is 2.23. The fourth-order valence-electron chi connectivity index (χ4n) is 3.03. The van der Waals surface area contributed by atoms with Crippen LogP contribution in [0.2, 0.25) is 0 Å². The highest BCUT2D eigenvalue weighted by Gasteiger charge is 2.25. The average Bonchev–Trinajstić information content (AvgIpc) is 2.61. The Morgan fingerprint density at radius 2 is 1.65 bits per heavy atom. The summed E-state index contributed by atoms with van der Waals surface area (Å²) in [5.74, 6) is -1.44. The number of phenols is 2. The van der Waals surface area contributed by atoms with E-state index in [1.165, 1.54) is 30.3 Å². The number of hydrogen-bond donors (Lipinski definition) is 3. The minimum Gasteiger partial charge on any atom is -0.508 e. The minimum absolute atomic E-state index is 0.104. The second kappa shape index (κ2) is 7.43. The number of carbonyl (C=O) groups excluding carboxylic acids is 2. The van der Waals surface area contributed by atoms with Crippen LogP contribution < -0.4 is 5.32 Å². The van der Waals surface area contributed by atoms with Crippen LogP contribution in [0.3, 0.4) is 0 Å². The Bertz CT molecular complexity index is 812. The summed E-state index contributed by atoms with van der Waals surface area (Å²) >= 11 is 0. The summed E-state index contributed by atoms with van der Waals surface area (Å²) in [6.07, 6.45) is 1.13. The SMILES string of the molecule is O=C(NC1CCN(C(=O)c2cc(O)cc(O)c2)CC1)c1cccc(F)c1. The first-order chi connectivity index (χ1) is 12.4. The van der Waals surface area contributed by atoms with Gasteiger partial charge in [0.2, 0.25) is 0 Å². The van der Waals surface area contributed by atoms with Crippen molar-refractivity contribution in [3.05, 3.63) is 59.4 Å². The molecule has 2 aromatic carbocycles. The molecule has 1 aliphatic heterocycles. The molecule has 6 nitrogen and oxygen atoms in total. The molecule has 0 radical (unpaired) electrons. The fourth-order valence-corrected chi connectivity index (χ4v) is 3.03. The Balaban J connectivity index is 1.57. The third-order valence-electron chi connectivity index (χ3n) is 4.35. The van der Waals surface area contributed by atoms with Crippen LogP contribution in [0.1, 0.15) is 33.6 Å². The van der Waals surface area contributed by atoms with Crippen molar-refractivity contribution in [2.24, 2.45) is 0 Å². The number of carbonyl (C=O) groups is 2. The molecule has 2 aromatic rings. The van der Waals surface area contributed by atoms with Crippen LogP contribution in [-0.4, -0.2) is 46.1 Å². The maximum absolute atomic E-state index is 13.2. The highest BCUT2D eigenvalue weighted by molar-refractivity contribution is 5.95. The maximum atomic E-state index is 13.2. The van der Waals surface area contributed by atoms with Crippen molar-refractivity contribution in [3.63, 3.8) is 0 Å². The van der Waals surface area contributed by atoms with Crippen LogP contribution in [0.25, 0.3) is 0 Å². The van der Waals surface area contributed by atoms with E-state index in [9.17, 15) is 24.2 Å². The molecular weight excluding hydrogens is 339 g/mol. The zero-order chi connectivity index (χ0) is 18.7. The number of amides is 2. The molecule has 1 aliphatic rings. The molecule has 7 heteroatoms. The van der Waals surface area contributed by atoms with E-state index in [1.807, 2.05) is 0 Å². The van der Waals surface area contributed by atoms with Gasteiger partial charge in [0, 0.05) is 36.3 Å². The Morgan fingerprint density at radius 3 is 2.27 bits per heavy atom. The van der Waals surface area contributed by atoms with Gasteiger partial charge in [-0.15, -0.1) is 0 Å². The number of phenolic OH excluding ortho intramolecular Hbond substituents is 2. The van der Waals surface area contributed by atoms with Crippen LogP contribution in [0.15, 0.2) is 42.5 Å². The Hall–Kier alpha value is -3.09. The van der Waals surface area contributed by atoms with Gasteiger partial charge in [-0.2, -0.15) is 0 Å². The van der Waals surface area contributed by atoms with Crippen molar-refractivity contribution < 1.29 is 24.2 Å². The Morgan fingerprint density at radius 1 is 1.00 bits per heavy atom. The summed E-state index contributed by atoms with van der Waals surface area (Å²) < 4.78 is 13.2. The monoisotopic (exact) mass is 358 g/mol. The lowest BCUT2D eigenvalue weighted by Gasteiger charge is -2.32. The van der Waals surface area contributed by atoms with Crippen LogP contribution in [0.5, 0.6) is 11.5 Å². The molecule has 1 fully saturated rings. The van der Waals surface area contributed by atoms with Crippen molar-refractivity contribution in [2.45, 2.75) is 18.9 Å². The predicted molar refractivity (Wildman–Crippen MR) is 92.6 cm³/mol. The van der Waals surface area contributed by atoms with Gasteiger partial charge in [0.15, 0.2) is 0 Å². The van der Waals surface area contributed by atoms with Gasteiger partial charge < -0.3 is 20.4 Å². The molecule has 0 saturated carbocycles. The lowest BCUT2D eigenvalue weighted by Crippen LogP contribution is -2.46. The second-order valence-corrected chi connectivity index (χ2v) is 6.29. The number of aromatic hydroxyl groups is 2. The molecule has 1 saturated heterocycles. The third-order valence-corrected chi connectivity index (χ3v) is 4.35. The van der Waals surface area contributed by atoms with Gasteiger partial charge in [-0.1, -0.05) is 6.07 Å². The summed E-state index contributed by atoms with van der Waals surface area (Å²) in [6, 6.07) is 9.15. The largest absolute Gasteiger partial charge is 0.508 e. The number of nitrogens with zero attached hydrogens (tertiary/aromatic N) is 1. The lowest BCUT2D eigenvalue weighted by atomic mass is 10.0. The third kappa shape index (κ3) is 4.11. The molecule has 2 amide bonds. The van der Waals surface area contributed by atoms with E-state index in [-0.39, 0.29) is 40.5 Å². The molecule has 0 unspecified atom stereocenters. The Kier molecular flexibility index (Phi) is 5.06. The number of rotatable bonds is 3. The van der Waals surface area contributed by atoms with Gasteiger partial charge >= 0.3 is 0 Å². The normalized spacial score (nSPS) is 14.9. The molecule has 3 rings (SSSR count). The van der Waals surface area contributed by atoms with Crippen LogP contribution >= 0.6 is 0 Å². The van der Waals surface area contributed by atoms with Gasteiger partial charge in [0.1, 0.15) is 17.3 Å². The summed E-state index contributed by atoms with van der Waals surface area (Å²) in [4.78, 5) is 26.2. The van der Waals surface area contributed by atoms with E-state index in [0.29, 0.717) is 25.9 Å². The molecular formula is C19H19FN2O4. The molecule has 1 heterocycles. The van der Waals surface area contributed by atoms with Gasteiger partial charge in [-0.05, 0) is 43.2 Å². The Labute approximate surface area is 149 Å². The maximum Gasteiger partial charge on any atom is 0.254 e. The number of piperidine rings is 1. The van der Waals surface area contributed by atoms with Gasteiger partial charge in [0.05, 0.1) is 0 Å². The first-order valence-corrected chi connectivity index (χ1v) is 8.31. The number of hydrogen-bond acceptors (Lipinski definition) is 4. The quantitative estimate of drug-likeness (QED) is 0.785. The highest BCUT2D eigenvalue weighted by atomic mass is 19.1. The molecule has 0 aromatic heterocycles. The van der Waals surface area contributed by atoms with Crippen molar-refractivity contribution in [2.75, 3.05) is 13.1 Å².